The molecule has 0 N–H and O–H groups in total. The minimum absolute atomic E-state index is 0.0474. The Labute approximate surface area is 349 Å². The smallest absolute Gasteiger partial charge is 0.0973 e. The first-order valence-corrected chi connectivity index (χ1v) is 21.1. The number of hydrogen-bond donors (Lipinski definition) is 0. The molecule has 0 aliphatic heterocycles. The average molecular weight is 773 g/mol. The van der Waals surface area contributed by atoms with E-state index in [4.69, 9.17) is 0 Å². The van der Waals surface area contributed by atoms with Crippen molar-refractivity contribution in [2.45, 2.75) is 26.2 Å². The van der Waals surface area contributed by atoms with Crippen molar-refractivity contribution in [3.63, 3.8) is 0 Å². The number of aryl methyl sites for hydroxylation is 1. The number of benzene rings is 7. The van der Waals surface area contributed by atoms with Crippen LogP contribution in [0.2, 0.25) is 0 Å². The third-order valence-electron chi connectivity index (χ3n) is 12.2. The van der Waals surface area contributed by atoms with Gasteiger partial charge in [-0.05, 0) is 142 Å². The summed E-state index contributed by atoms with van der Waals surface area (Å²) >= 11 is 1.83. The van der Waals surface area contributed by atoms with Gasteiger partial charge >= 0.3 is 0 Å². The van der Waals surface area contributed by atoms with Gasteiger partial charge in [0.15, 0.2) is 0 Å². The Morgan fingerprint density at radius 3 is 1.83 bits per heavy atom. The average Bonchev–Trinajstić information content (AvgIpc) is 3.97. The van der Waals surface area contributed by atoms with Gasteiger partial charge in [-0.25, -0.2) is 0 Å². The molecule has 2 aromatic heterocycles. The van der Waals surface area contributed by atoms with Gasteiger partial charge in [-0.3, -0.25) is 0 Å². The number of anilines is 3. The van der Waals surface area contributed by atoms with E-state index in [1.807, 2.05) is 23.5 Å². The molecule has 1 aliphatic carbocycles. The first-order chi connectivity index (χ1) is 28.9. The predicted molar refractivity (Wildman–Crippen MR) is 250 cm³/mol. The summed E-state index contributed by atoms with van der Waals surface area (Å²) in [5.74, 6) is 0. The summed E-state index contributed by atoms with van der Waals surface area (Å²) in [6.45, 7) is 6.86. The molecule has 280 valence electrons. The molecule has 2 heterocycles. The van der Waals surface area contributed by atoms with Crippen LogP contribution in [-0.2, 0) is 5.41 Å². The Morgan fingerprint density at radius 2 is 1.10 bits per heavy atom. The Bertz CT molecular complexity index is 3170. The van der Waals surface area contributed by atoms with Crippen LogP contribution in [-0.4, -0.2) is 4.57 Å². The SMILES string of the molecule is Cc1ccc2c(c1)c1cc(N(c3ccc(-c4ccc5c(c4)C(C)(C)c4ccccc4-5)cc3)c3ccc(-c4ccc(-c5ccccc5)s4)cc3)ccc1n2-c1c#cccc1. The van der Waals surface area contributed by atoms with Gasteiger partial charge in [0, 0.05) is 43.0 Å². The Kier molecular flexibility index (Phi) is 8.19. The maximum atomic E-state index is 3.36. The Morgan fingerprint density at radius 1 is 0.492 bits per heavy atom. The van der Waals surface area contributed by atoms with Gasteiger partial charge in [0.2, 0.25) is 0 Å². The minimum atomic E-state index is -0.0474. The number of nitrogens with zero attached hydrogens (tertiary/aromatic N) is 2. The van der Waals surface area contributed by atoms with E-state index in [1.54, 1.807) is 0 Å². The lowest BCUT2D eigenvalue weighted by molar-refractivity contribution is 0.660. The monoisotopic (exact) mass is 772 g/mol. The molecule has 0 spiro atoms. The van der Waals surface area contributed by atoms with Gasteiger partial charge in [0.25, 0.3) is 0 Å². The summed E-state index contributed by atoms with van der Waals surface area (Å²) < 4.78 is 2.31. The third kappa shape index (κ3) is 5.87. The highest BCUT2D eigenvalue weighted by atomic mass is 32.1. The summed E-state index contributed by atoms with van der Waals surface area (Å²) in [5, 5.41) is 2.42. The summed E-state index contributed by atoms with van der Waals surface area (Å²) in [7, 11) is 0. The van der Waals surface area contributed by atoms with E-state index in [0.29, 0.717) is 0 Å². The van der Waals surface area contributed by atoms with Crippen molar-refractivity contribution < 1.29 is 0 Å². The zero-order valence-electron chi connectivity index (χ0n) is 33.2. The molecule has 8 aromatic carbocycles. The molecule has 0 radical (unpaired) electrons. The van der Waals surface area contributed by atoms with E-state index in [9.17, 15) is 0 Å². The first kappa shape index (κ1) is 35.1. The molecule has 0 fully saturated rings. The molecule has 10 aromatic rings. The van der Waals surface area contributed by atoms with Gasteiger partial charge in [-0.15, -0.1) is 11.3 Å². The van der Waals surface area contributed by atoms with Crippen LogP contribution >= 0.6 is 11.3 Å². The van der Waals surface area contributed by atoms with Gasteiger partial charge in [-0.2, -0.15) is 0 Å². The number of rotatable bonds is 7. The highest BCUT2D eigenvalue weighted by Crippen LogP contribution is 2.50. The predicted octanol–water partition coefficient (Wildman–Crippen LogP) is 15.5. The van der Waals surface area contributed by atoms with Crippen LogP contribution in [0.4, 0.5) is 17.1 Å². The van der Waals surface area contributed by atoms with E-state index in [2.05, 4.69) is 218 Å². The number of thiophene rings is 1. The fraction of sp³-hybridized carbons (Fsp3) is 0.0714. The fourth-order valence-electron chi connectivity index (χ4n) is 9.16. The molecule has 0 saturated heterocycles. The molecule has 11 rings (SSSR count). The highest BCUT2D eigenvalue weighted by Gasteiger charge is 2.35. The second kappa shape index (κ2) is 13.8. The van der Waals surface area contributed by atoms with Crippen molar-refractivity contribution in [1.82, 2.24) is 4.57 Å². The zero-order valence-corrected chi connectivity index (χ0v) is 34.0. The lowest BCUT2D eigenvalue weighted by Crippen LogP contribution is -2.14. The van der Waals surface area contributed by atoms with E-state index < -0.39 is 0 Å². The minimum Gasteiger partial charge on any atom is -0.310 e. The molecule has 0 atom stereocenters. The lowest BCUT2D eigenvalue weighted by atomic mass is 9.81. The van der Waals surface area contributed by atoms with Gasteiger partial charge in [0.1, 0.15) is 0 Å². The van der Waals surface area contributed by atoms with Crippen LogP contribution in [0.5, 0.6) is 0 Å². The van der Waals surface area contributed by atoms with Gasteiger partial charge < -0.3 is 9.47 Å². The summed E-state index contributed by atoms with van der Waals surface area (Å²) in [6.07, 6.45) is 0. The molecule has 2 nitrogen and oxygen atoms in total. The Balaban J connectivity index is 1.02. The summed E-state index contributed by atoms with van der Waals surface area (Å²) in [5.41, 5.74) is 18.1. The van der Waals surface area contributed by atoms with Crippen molar-refractivity contribution in [3.8, 4) is 48.8 Å². The van der Waals surface area contributed by atoms with Gasteiger partial charge in [-0.1, -0.05) is 129 Å². The zero-order chi connectivity index (χ0) is 39.7. The van der Waals surface area contributed by atoms with Crippen LogP contribution in [0.3, 0.4) is 0 Å². The molecule has 0 unspecified atom stereocenters. The van der Waals surface area contributed by atoms with Crippen molar-refractivity contribution in [2.75, 3.05) is 4.90 Å². The molecular formula is C56H40N2S. The number of fused-ring (bicyclic) bond motifs is 6. The molecule has 0 bridgehead atoms. The lowest BCUT2D eigenvalue weighted by Gasteiger charge is -2.26. The van der Waals surface area contributed by atoms with Crippen LogP contribution in [0, 0.1) is 19.1 Å². The Hall–Kier alpha value is -7.12. The van der Waals surface area contributed by atoms with E-state index >= 15 is 0 Å². The van der Waals surface area contributed by atoms with Crippen molar-refractivity contribution in [2.24, 2.45) is 0 Å². The topological polar surface area (TPSA) is 8.17 Å². The largest absolute Gasteiger partial charge is 0.310 e. The number of hydrogen-bond acceptors (Lipinski definition) is 2. The normalized spacial score (nSPS) is 12.7. The second-order valence-corrected chi connectivity index (χ2v) is 17.2. The van der Waals surface area contributed by atoms with Crippen LogP contribution in [0.15, 0.2) is 188 Å². The third-order valence-corrected chi connectivity index (χ3v) is 13.3. The van der Waals surface area contributed by atoms with Crippen LogP contribution in [0.25, 0.3) is 70.6 Å². The summed E-state index contributed by atoms with van der Waals surface area (Å²) in [4.78, 5) is 4.92. The van der Waals surface area contributed by atoms with Crippen molar-refractivity contribution >= 4 is 50.2 Å². The molecule has 0 saturated carbocycles. The first-order valence-electron chi connectivity index (χ1n) is 20.2. The molecular weight excluding hydrogens is 733 g/mol. The van der Waals surface area contributed by atoms with Crippen molar-refractivity contribution in [1.29, 1.82) is 0 Å². The standard InChI is InChI=1S/C56H40N2S/c1-37-18-30-52-48(34-37)49-36-45(28-31-53(49)58(52)42-14-8-5-9-15-42)57(44-26-21-40(22-27-44)55-33-32-54(59-55)39-12-6-4-7-13-39)43-24-19-38(20-25-43)41-23-29-47-46-16-10-11-17-50(46)56(2,3)51(47)35-41/h4-8,10-14,16-36H,1-3H3. The van der Waals surface area contributed by atoms with E-state index in [0.717, 1.165) is 33.8 Å². The maximum Gasteiger partial charge on any atom is 0.0973 e. The molecule has 59 heavy (non-hydrogen) atoms. The van der Waals surface area contributed by atoms with Crippen molar-refractivity contribution in [3.05, 3.63) is 217 Å². The van der Waals surface area contributed by atoms with Gasteiger partial charge in [0.05, 0.1) is 16.7 Å². The van der Waals surface area contributed by atoms with Crippen LogP contribution < -0.4 is 4.90 Å². The number of aromatic nitrogens is 1. The second-order valence-electron chi connectivity index (χ2n) is 16.1. The quantitative estimate of drug-likeness (QED) is 0.157. The molecule has 0 amide bonds. The highest BCUT2D eigenvalue weighted by molar-refractivity contribution is 7.18. The molecule has 1 aliphatic rings. The fourth-order valence-corrected chi connectivity index (χ4v) is 10.2. The van der Waals surface area contributed by atoms with Crippen LogP contribution in [0.1, 0.15) is 30.5 Å². The van der Waals surface area contributed by atoms with E-state index in [1.165, 1.54) is 70.6 Å². The maximum absolute atomic E-state index is 3.36. The molecule has 3 heteroatoms. The summed E-state index contributed by atoms with van der Waals surface area (Å²) in [6, 6.07) is 75.3. The van der Waals surface area contributed by atoms with E-state index in [-0.39, 0.29) is 5.41 Å².